The van der Waals surface area contributed by atoms with Gasteiger partial charge in [0.2, 0.25) is 6.79 Å². The summed E-state index contributed by atoms with van der Waals surface area (Å²) in [6, 6.07) is 12.6. The number of fused-ring (bicyclic) bond motifs is 2. The van der Waals surface area contributed by atoms with Crippen molar-refractivity contribution in [2.75, 3.05) is 6.79 Å². The minimum Gasteiger partial charge on any atom is -0.454 e. The number of carbonyl (C=O) groups is 1. The molecule has 2 aliphatic heterocycles. The molecule has 0 N–H and O–H groups in total. The smallest absolute Gasteiger partial charge is 0.342 e. The van der Waals surface area contributed by atoms with Crippen molar-refractivity contribution in [3.05, 3.63) is 53.6 Å². The van der Waals surface area contributed by atoms with E-state index in [1.807, 2.05) is 18.2 Å². The molecule has 0 aliphatic carbocycles. The van der Waals surface area contributed by atoms with Crippen LogP contribution in [0.5, 0.6) is 17.2 Å². The number of rotatable bonds is 2. The largest absolute Gasteiger partial charge is 0.454 e. The average Bonchev–Trinajstić information content (AvgIpc) is 3.04. The quantitative estimate of drug-likeness (QED) is 0.785. The predicted molar refractivity (Wildman–Crippen MR) is 67.8 cm³/mol. The Morgan fingerprint density at radius 2 is 1.80 bits per heavy atom. The first-order valence-corrected chi connectivity index (χ1v) is 6.17. The molecule has 0 amide bonds. The van der Waals surface area contributed by atoms with Gasteiger partial charge in [-0.3, -0.25) is 0 Å². The van der Waals surface area contributed by atoms with E-state index in [1.54, 1.807) is 24.3 Å². The van der Waals surface area contributed by atoms with E-state index < -0.39 is 12.3 Å². The van der Waals surface area contributed by atoms with E-state index >= 15 is 0 Å². The fourth-order valence-corrected chi connectivity index (χ4v) is 2.26. The van der Waals surface area contributed by atoms with Crippen LogP contribution in [0.4, 0.5) is 0 Å². The number of benzene rings is 2. The van der Waals surface area contributed by atoms with Crippen molar-refractivity contribution < 1.29 is 23.7 Å². The number of ether oxygens (including phenoxy) is 4. The van der Waals surface area contributed by atoms with Gasteiger partial charge in [0.1, 0.15) is 5.75 Å². The van der Waals surface area contributed by atoms with Gasteiger partial charge < -0.3 is 18.9 Å². The minimum atomic E-state index is -0.755. The van der Waals surface area contributed by atoms with Crippen LogP contribution in [0.25, 0.3) is 0 Å². The van der Waals surface area contributed by atoms with Crippen LogP contribution in [-0.2, 0) is 4.74 Å². The van der Waals surface area contributed by atoms with Crippen LogP contribution in [0.1, 0.15) is 22.2 Å². The number of hydrogen-bond acceptors (Lipinski definition) is 5. The zero-order valence-electron chi connectivity index (χ0n) is 10.4. The number of para-hydroxylation sites is 1. The first kappa shape index (κ1) is 11.2. The lowest BCUT2D eigenvalue weighted by molar-refractivity contribution is -0.0382. The Kier molecular flexibility index (Phi) is 2.32. The molecule has 5 nitrogen and oxygen atoms in total. The molecule has 2 aromatic carbocycles. The second kappa shape index (κ2) is 4.16. The van der Waals surface area contributed by atoms with Gasteiger partial charge in [-0.1, -0.05) is 18.2 Å². The number of hydrogen-bond donors (Lipinski definition) is 0. The maximum absolute atomic E-state index is 11.9. The van der Waals surface area contributed by atoms with Crippen molar-refractivity contribution in [1.29, 1.82) is 0 Å². The molecule has 2 aliphatic rings. The summed E-state index contributed by atoms with van der Waals surface area (Å²) >= 11 is 0. The second-order valence-corrected chi connectivity index (χ2v) is 4.46. The summed E-state index contributed by atoms with van der Waals surface area (Å²) in [6.45, 7) is 0.164. The van der Waals surface area contributed by atoms with Crippen molar-refractivity contribution in [3.63, 3.8) is 0 Å². The van der Waals surface area contributed by atoms with Gasteiger partial charge in [-0.15, -0.1) is 0 Å². The monoisotopic (exact) mass is 270 g/mol. The molecule has 2 aromatic rings. The molecule has 0 saturated heterocycles. The fourth-order valence-electron chi connectivity index (χ4n) is 2.26. The lowest BCUT2D eigenvalue weighted by atomic mass is 10.1. The van der Waals surface area contributed by atoms with Crippen molar-refractivity contribution in [2.45, 2.75) is 6.29 Å². The Morgan fingerprint density at radius 1 is 1.05 bits per heavy atom. The highest BCUT2D eigenvalue weighted by molar-refractivity contribution is 5.94. The zero-order valence-corrected chi connectivity index (χ0v) is 10.4. The van der Waals surface area contributed by atoms with Gasteiger partial charge in [-0.05, 0) is 24.3 Å². The molecule has 0 unspecified atom stereocenters. The highest BCUT2D eigenvalue weighted by Crippen LogP contribution is 2.41. The highest BCUT2D eigenvalue weighted by atomic mass is 16.7. The first-order valence-electron chi connectivity index (χ1n) is 6.17. The fraction of sp³-hybridized carbons (Fsp3) is 0.133. The van der Waals surface area contributed by atoms with Crippen LogP contribution >= 0.6 is 0 Å². The van der Waals surface area contributed by atoms with E-state index in [2.05, 4.69) is 0 Å². The Balaban J connectivity index is 1.71. The maximum Gasteiger partial charge on any atom is 0.342 e. The second-order valence-electron chi connectivity index (χ2n) is 4.46. The molecule has 0 saturated carbocycles. The number of carbonyl (C=O) groups excluding carboxylic acids is 1. The molecular weight excluding hydrogens is 260 g/mol. The molecule has 0 aromatic heterocycles. The van der Waals surface area contributed by atoms with Crippen molar-refractivity contribution in [1.82, 2.24) is 0 Å². The molecule has 2 heterocycles. The van der Waals surface area contributed by atoms with E-state index in [4.69, 9.17) is 18.9 Å². The van der Waals surface area contributed by atoms with E-state index in [0.29, 0.717) is 28.4 Å². The van der Waals surface area contributed by atoms with Gasteiger partial charge in [0.15, 0.2) is 11.5 Å². The molecule has 5 heteroatoms. The summed E-state index contributed by atoms with van der Waals surface area (Å²) in [5.41, 5.74) is 1.11. The van der Waals surface area contributed by atoms with Crippen LogP contribution < -0.4 is 14.2 Å². The van der Waals surface area contributed by atoms with Crippen molar-refractivity contribution in [3.8, 4) is 17.2 Å². The van der Waals surface area contributed by atoms with E-state index in [0.717, 1.165) is 0 Å². The Labute approximate surface area is 114 Å². The average molecular weight is 270 g/mol. The lowest BCUT2D eigenvalue weighted by Gasteiger charge is -2.13. The Morgan fingerprint density at radius 3 is 2.60 bits per heavy atom. The van der Waals surface area contributed by atoms with Crippen molar-refractivity contribution >= 4 is 5.97 Å². The Hall–Kier alpha value is -2.69. The minimum absolute atomic E-state index is 0.164. The van der Waals surface area contributed by atoms with Gasteiger partial charge in [0.25, 0.3) is 6.29 Å². The molecule has 4 rings (SSSR count). The molecule has 20 heavy (non-hydrogen) atoms. The van der Waals surface area contributed by atoms with Gasteiger partial charge in [-0.2, -0.15) is 0 Å². The summed E-state index contributed by atoms with van der Waals surface area (Å²) in [7, 11) is 0. The van der Waals surface area contributed by atoms with Crippen LogP contribution in [0.3, 0.4) is 0 Å². The van der Waals surface area contributed by atoms with E-state index in [9.17, 15) is 4.79 Å². The molecule has 100 valence electrons. The lowest BCUT2D eigenvalue weighted by Crippen LogP contribution is -2.07. The third-order valence-electron chi connectivity index (χ3n) is 3.22. The number of esters is 1. The summed E-state index contributed by atoms with van der Waals surface area (Å²) in [5, 5.41) is 0. The standard InChI is InChI=1S/C15H10O5/c16-14-10-6-12-13(18-8-17-12)7-11(10)15(20-14)19-9-4-2-1-3-5-9/h1-7,15H,8H2/t15-/m0/s1. The molecule has 0 spiro atoms. The summed E-state index contributed by atoms with van der Waals surface area (Å²) in [6.07, 6.45) is -0.755. The summed E-state index contributed by atoms with van der Waals surface area (Å²) in [4.78, 5) is 11.9. The van der Waals surface area contributed by atoms with Crippen LogP contribution in [0.15, 0.2) is 42.5 Å². The van der Waals surface area contributed by atoms with Gasteiger partial charge in [0, 0.05) is 0 Å². The summed E-state index contributed by atoms with van der Waals surface area (Å²) < 4.78 is 21.5. The topological polar surface area (TPSA) is 54.0 Å². The summed E-state index contributed by atoms with van der Waals surface area (Å²) in [5.74, 6) is 1.37. The van der Waals surface area contributed by atoms with Gasteiger partial charge in [-0.25, -0.2) is 4.79 Å². The zero-order chi connectivity index (χ0) is 13.5. The number of cyclic esters (lactones) is 1. The normalized spacial score (nSPS) is 18.6. The van der Waals surface area contributed by atoms with Crippen LogP contribution in [0.2, 0.25) is 0 Å². The van der Waals surface area contributed by atoms with Gasteiger partial charge in [0.05, 0.1) is 11.1 Å². The third-order valence-corrected chi connectivity index (χ3v) is 3.22. The van der Waals surface area contributed by atoms with Gasteiger partial charge >= 0.3 is 5.97 Å². The molecule has 0 fully saturated rings. The first-order chi connectivity index (χ1) is 9.81. The van der Waals surface area contributed by atoms with E-state index in [1.165, 1.54) is 0 Å². The highest BCUT2D eigenvalue weighted by Gasteiger charge is 2.35. The maximum atomic E-state index is 11.9. The third kappa shape index (κ3) is 1.67. The predicted octanol–water partition coefficient (Wildman–Crippen LogP) is 2.66. The Bertz CT molecular complexity index is 680. The SMILES string of the molecule is O=C1O[C@H](Oc2ccccc2)c2cc3c(cc21)OCO3. The van der Waals surface area contributed by atoms with E-state index in [-0.39, 0.29) is 6.79 Å². The van der Waals surface area contributed by atoms with Crippen molar-refractivity contribution in [2.24, 2.45) is 0 Å². The van der Waals surface area contributed by atoms with Crippen LogP contribution in [0, 0.1) is 0 Å². The van der Waals surface area contributed by atoms with Crippen LogP contribution in [-0.4, -0.2) is 12.8 Å². The molecule has 0 bridgehead atoms. The molecule has 1 atom stereocenters. The molecular formula is C15H10O5. The molecule has 0 radical (unpaired) electrons.